The summed E-state index contributed by atoms with van der Waals surface area (Å²) in [5.74, 6) is -0.292. The molecule has 3 aromatic rings. The highest BCUT2D eigenvalue weighted by molar-refractivity contribution is 7.89. The van der Waals surface area contributed by atoms with Gasteiger partial charge in [0.25, 0.3) is 0 Å². The summed E-state index contributed by atoms with van der Waals surface area (Å²) >= 11 is 0. The minimum Gasteiger partial charge on any atom is -0.324 e. The predicted molar refractivity (Wildman–Crippen MR) is 118 cm³/mol. The molecule has 1 amide bonds. The van der Waals surface area contributed by atoms with Crippen molar-refractivity contribution in [1.29, 1.82) is 0 Å². The van der Waals surface area contributed by atoms with Crippen LogP contribution in [0.4, 0.5) is 5.69 Å². The molecule has 1 fully saturated rings. The lowest BCUT2D eigenvalue weighted by Crippen LogP contribution is -2.43. The smallest absolute Gasteiger partial charge is 0.245 e. The van der Waals surface area contributed by atoms with Crippen LogP contribution in [0.5, 0.6) is 0 Å². The molecule has 1 saturated heterocycles. The van der Waals surface area contributed by atoms with Crippen molar-refractivity contribution in [2.24, 2.45) is 0 Å². The van der Waals surface area contributed by atoms with Gasteiger partial charge in [-0.15, -0.1) is 0 Å². The molecule has 0 bridgehead atoms. The molecule has 1 unspecified atom stereocenters. The molecule has 2 aromatic carbocycles. The number of benzene rings is 2. The van der Waals surface area contributed by atoms with E-state index in [0.717, 1.165) is 27.8 Å². The van der Waals surface area contributed by atoms with Crippen molar-refractivity contribution in [2.75, 3.05) is 11.9 Å². The van der Waals surface area contributed by atoms with E-state index in [1.165, 1.54) is 4.31 Å². The Morgan fingerprint density at radius 3 is 2.53 bits per heavy atom. The van der Waals surface area contributed by atoms with Crippen molar-refractivity contribution in [2.45, 2.75) is 44.6 Å². The molecule has 0 aliphatic carbocycles. The summed E-state index contributed by atoms with van der Waals surface area (Å²) in [6.45, 7) is 6.21. The van der Waals surface area contributed by atoms with Crippen LogP contribution in [0.1, 0.15) is 29.5 Å². The summed E-state index contributed by atoms with van der Waals surface area (Å²) in [6, 6.07) is 12.0. The Kier molecular flexibility index (Phi) is 5.34. The minimum atomic E-state index is -3.87. The molecule has 1 aromatic heterocycles. The number of amides is 1. The van der Waals surface area contributed by atoms with Gasteiger partial charge in [0.1, 0.15) is 10.9 Å². The molecule has 30 heavy (non-hydrogen) atoms. The molecule has 0 saturated carbocycles. The lowest BCUT2D eigenvalue weighted by atomic mass is 10.0. The predicted octanol–water partition coefficient (Wildman–Crippen LogP) is 3.95. The van der Waals surface area contributed by atoms with Gasteiger partial charge in [-0.3, -0.25) is 9.78 Å². The van der Waals surface area contributed by atoms with Crippen LogP contribution in [-0.4, -0.2) is 36.2 Å². The number of rotatable bonds is 4. The van der Waals surface area contributed by atoms with E-state index in [0.29, 0.717) is 24.9 Å². The molecule has 0 spiro atoms. The third-order valence-corrected chi connectivity index (χ3v) is 7.55. The highest BCUT2D eigenvalue weighted by Gasteiger charge is 2.40. The molecule has 156 valence electrons. The van der Waals surface area contributed by atoms with Crippen LogP contribution in [0.25, 0.3) is 10.9 Å². The van der Waals surface area contributed by atoms with Crippen molar-refractivity contribution >= 4 is 32.5 Å². The molecular formula is C23H25N3O3S. The number of nitrogens with zero attached hydrogens (tertiary/aromatic N) is 2. The molecule has 1 atom stereocenters. The number of nitrogens with one attached hydrogen (secondary N) is 1. The SMILES string of the molecule is Cc1cc(C)c(NC(=O)C2CCCN2S(=O)(=O)c2cccc3cccnc23)c(C)c1. The van der Waals surface area contributed by atoms with Crippen LogP contribution < -0.4 is 5.32 Å². The van der Waals surface area contributed by atoms with Crippen molar-refractivity contribution in [1.82, 2.24) is 9.29 Å². The monoisotopic (exact) mass is 423 g/mol. The van der Waals surface area contributed by atoms with Gasteiger partial charge in [-0.1, -0.05) is 35.9 Å². The van der Waals surface area contributed by atoms with Crippen LogP contribution in [0.2, 0.25) is 0 Å². The van der Waals surface area contributed by atoms with Crippen molar-refractivity contribution < 1.29 is 13.2 Å². The Morgan fingerprint density at radius 2 is 1.80 bits per heavy atom. The van der Waals surface area contributed by atoms with Crippen LogP contribution in [0.15, 0.2) is 53.6 Å². The van der Waals surface area contributed by atoms with E-state index in [-0.39, 0.29) is 10.8 Å². The van der Waals surface area contributed by atoms with E-state index < -0.39 is 16.1 Å². The fourth-order valence-electron chi connectivity index (χ4n) is 4.28. The average Bonchev–Trinajstić information content (AvgIpc) is 3.21. The number of anilines is 1. The molecular weight excluding hydrogens is 398 g/mol. The zero-order chi connectivity index (χ0) is 21.5. The standard InChI is InChI=1S/C23H25N3O3S/c1-15-13-16(2)21(17(3)14-15)25-23(27)19-9-6-12-26(19)30(28,29)20-10-4-7-18-8-5-11-24-22(18)20/h4-5,7-8,10-11,13-14,19H,6,9,12H2,1-3H3,(H,25,27). The first kappa shape index (κ1) is 20.5. The molecule has 4 rings (SSSR count). The number of sulfonamides is 1. The van der Waals surface area contributed by atoms with Gasteiger partial charge in [-0.25, -0.2) is 8.42 Å². The second kappa shape index (κ2) is 7.81. The van der Waals surface area contributed by atoms with Gasteiger partial charge in [0.2, 0.25) is 15.9 Å². The van der Waals surface area contributed by atoms with Crippen LogP contribution >= 0.6 is 0 Å². The number of pyridine rings is 1. The van der Waals surface area contributed by atoms with Gasteiger partial charge < -0.3 is 5.32 Å². The van der Waals surface area contributed by atoms with E-state index in [2.05, 4.69) is 10.3 Å². The second-order valence-corrected chi connectivity index (χ2v) is 9.73. The quantitative estimate of drug-likeness (QED) is 0.689. The maximum Gasteiger partial charge on any atom is 0.245 e. The largest absolute Gasteiger partial charge is 0.324 e. The number of aromatic nitrogens is 1. The summed E-state index contributed by atoms with van der Waals surface area (Å²) in [5.41, 5.74) is 4.23. The molecule has 1 aliphatic rings. The van der Waals surface area contributed by atoms with Gasteiger partial charge in [-0.05, 0) is 56.9 Å². The first-order valence-electron chi connectivity index (χ1n) is 10.0. The second-order valence-electron chi connectivity index (χ2n) is 7.87. The van der Waals surface area contributed by atoms with Gasteiger partial charge in [-0.2, -0.15) is 4.31 Å². The molecule has 1 N–H and O–H groups in total. The molecule has 6 nitrogen and oxygen atoms in total. The first-order chi connectivity index (χ1) is 14.3. The van der Waals surface area contributed by atoms with E-state index in [1.54, 1.807) is 24.4 Å². The Bertz CT molecular complexity index is 1210. The molecule has 7 heteroatoms. The normalized spacial score (nSPS) is 17.4. The maximum absolute atomic E-state index is 13.5. The fourth-order valence-corrected chi connectivity index (χ4v) is 6.11. The Morgan fingerprint density at radius 1 is 1.10 bits per heavy atom. The minimum absolute atomic E-state index is 0.142. The van der Waals surface area contributed by atoms with E-state index in [4.69, 9.17) is 0 Å². The van der Waals surface area contributed by atoms with E-state index in [9.17, 15) is 13.2 Å². The Labute approximate surface area is 177 Å². The summed E-state index contributed by atoms with van der Waals surface area (Å²) in [6.07, 6.45) is 2.72. The van der Waals surface area contributed by atoms with Gasteiger partial charge in [0.15, 0.2) is 0 Å². The lowest BCUT2D eigenvalue weighted by molar-refractivity contribution is -0.119. The molecule has 0 radical (unpaired) electrons. The van der Waals surface area contributed by atoms with Crippen LogP contribution in [0.3, 0.4) is 0 Å². The highest BCUT2D eigenvalue weighted by atomic mass is 32.2. The van der Waals surface area contributed by atoms with Crippen molar-refractivity contribution in [3.8, 4) is 0 Å². The number of para-hydroxylation sites is 1. The number of carbonyl (C=O) groups excluding carboxylic acids is 1. The highest BCUT2D eigenvalue weighted by Crippen LogP contribution is 2.31. The fraction of sp³-hybridized carbons (Fsp3) is 0.304. The van der Waals surface area contributed by atoms with Gasteiger partial charge in [0, 0.05) is 23.8 Å². The van der Waals surface area contributed by atoms with Gasteiger partial charge >= 0.3 is 0 Å². The summed E-state index contributed by atoms with van der Waals surface area (Å²) in [5, 5.41) is 3.73. The van der Waals surface area contributed by atoms with E-state index >= 15 is 0 Å². The Balaban J connectivity index is 1.67. The maximum atomic E-state index is 13.5. The number of carbonyl (C=O) groups is 1. The summed E-state index contributed by atoms with van der Waals surface area (Å²) in [7, 11) is -3.87. The third-order valence-electron chi connectivity index (χ3n) is 5.61. The zero-order valence-electron chi connectivity index (χ0n) is 17.3. The lowest BCUT2D eigenvalue weighted by Gasteiger charge is -2.24. The number of hydrogen-bond acceptors (Lipinski definition) is 4. The summed E-state index contributed by atoms with van der Waals surface area (Å²) in [4.78, 5) is 17.5. The average molecular weight is 424 g/mol. The third kappa shape index (κ3) is 3.59. The zero-order valence-corrected chi connectivity index (χ0v) is 18.2. The first-order valence-corrected chi connectivity index (χ1v) is 11.5. The molecule has 1 aliphatic heterocycles. The van der Waals surface area contributed by atoms with Crippen molar-refractivity contribution in [3.05, 3.63) is 65.4 Å². The van der Waals surface area contributed by atoms with Crippen LogP contribution in [-0.2, 0) is 14.8 Å². The number of hydrogen-bond donors (Lipinski definition) is 1. The van der Waals surface area contributed by atoms with E-state index in [1.807, 2.05) is 45.0 Å². The topological polar surface area (TPSA) is 79.4 Å². The molecule has 2 heterocycles. The number of aryl methyl sites for hydroxylation is 3. The van der Waals surface area contributed by atoms with Crippen molar-refractivity contribution in [3.63, 3.8) is 0 Å². The van der Waals surface area contributed by atoms with Gasteiger partial charge in [0.05, 0.1) is 5.52 Å². The summed E-state index contributed by atoms with van der Waals surface area (Å²) < 4.78 is 28.3. The Hall–Kier alpha value is -2.77. The van der Waals surface area contributed by atoms with Crippen LogP contribution in [0, 0.1) is 20.8 Å². The number of fused-ring (bicyclic) bond motifs is 1.